The van der Waals surface area contributed by atoms with Crippen LogP contribution in [0.25, 0.3) is 0 Å². The first-order valence-corrected chi connectivity index (χ1v) is 11.1. The number of nitrogens with one attached hydrogen (secondary N) is 1. The van der Waals surface area contributed by atoms with E-state index >= 15 is 0 Å². The fourth-order valence-electron chi connectivity index (χ4n) is 4.43. The molecular weight excluding hydrogens is 419 g/mol. The van der Waals surface area contributed by atoms with Gasteiger partial charge in [0.15, 0.2) is 11.5 Å². The molecule has 33 heavy (non-hydrogen) atoms. The molecule has 3 aromatic carbocycles. The second-order valence-electron chi connectivity index (χ2n) is 8.24. The lowest BCUT2D eigenvalue weighted by Gasteiger charge is -2.38. The summed E-state index contributed by atoms with van der Waals surface area (Å²) in [7, 11) is 3.25. The molecule has 1 heterocycles. The Labute approximate surface area is 194 Å². The lowest BCUT2D eigenvalue weighted by molar-refractivity contribution is -0.120. The van der Waals surface area contributed by atoms with Crippen LogP contribution in [0, 0.1) is 5.82 Å². The Morgan fingerprint density at radius 2 is 1.73 bits per heavy atom. The molecule has 4 rings (SSSR count). The minimum atomic E-state index is -0.246. The monoisotopic (exact) mass is 448 g/mol. The van der Waals surface area contributed by atoms with Crippen LogP contribution in [0.2, 0.25) is 0 Å². The average Bonchev–Trinajstić information content (AvgIpc) is 2.83. The molecule has 0 aliphatic carbocycles. The van der Waals surface area contributed by atoms with E-state index in [2.05, 4.69) is 10.2 Å². The molecule has 1 atom stereocenters. The van der Waals surface area contributed by atoms with Gasteiger partial charge in [-0.05, 0) is 52.9 Å². The van der Waals surface area contributed by atoms with Crippen LogP contribution in [0.5, 0.6) is 11.5 Å². The third-order valence-electron chi connectivity index (χ3n) is 6.09. The molecule has 0 saturated heterocycles. The normalized spacial score (nSPS) is 15.5. The summed E-state index contributed by atoms with van der Waals surface area (Å²) in [6, 6.07) is 20.3. The summed E-state index contributed by atoms with van der Waals surface area (Å²) < 4.78 is 24.8. The van der Waals surface area contributed by atoms with E-state index in [4.69, 9.17) is 9.47 Å². The standard InChI is InChI=1S/C27H29FN2O3/c1-32-25-15-21-11-12-30(18-20-9-6-10-22(28)13-20)24(23(21)16-26(25)33-2)17-29-27(31)14-19-7-4-3-5-8-19/h3-10,13,15-16,24H,11-12,14,17-18H2,1-2H3,(H,29,31)/t24-/m0/s1. The summed E-state index contributed by atoms with van der Waals surface area (Å²) in [6.45, 7) is 1.83. The zero-order chi connectivity index (χ0) is 23.2. The van der Waals surface area contributed by atoms with Gasteiger partial charge < -0.3 is 14.8 Å². The number of methoxy groups -OCH3 is 2. The van der Waals surface area contributed by atoms with Gasteiger partial charge in [-0.3, -0.25) is 9.69 Å². The molecule has 1 N–H and O–H groups in total. The third-order valence-corrected chi connectivity index (χ3v) is 6.09. The minimum absolute atomic E-state index is 0.0282. The van der Waals surface area contributed by atoms with Crippen LogP contribution < -0.4 is 14.8 Å². The molecule has 0 saturated carbocycles. The summed E-state index contributed by atoms with van der Waals surface area (Å²) in [5, 5.41) is 3.11. The van der Waals surface area contributed by atoms with E-state index in [1.165, 1.54) is 11.6 Å². The van der Waals surface area contributed by atoms with E-state index < -0.39 is 0 Å². The van der Waals surface area contributed by atoms with Crippen molar-refractivity contribution in [1.82, 2.24) is 10.2 Å². The van der Waals surface area contributed by atoms with Crippen LogP contribution in [-0.2, 0) is 24.2 Å². The van der Waals surface area contributed by atoms with E-state index in [1.807, 2.05) is 48.5 Å². The zero-order valence-corrected chi connectivity index (χ0v) is 19.0. The van der Waals surface area contributed by atoms with Crippen molar-refractivity contribution < 1.29 is 18.7 Å². The first-order valence-electron chi connectivity index (χ1n) is 11.1. The molecule has 0 fully saturated rings. The highest BCUT2D eigenvalue weighted by Crippen LogP contribution is 2.38. The summed E-state index contributed by atoms with van der Waals surface area (Å²) in [5.41, 5.74) is 4.14. The first kappa shape index (κ1) is 22.8. The molecule has 0 spiro atoms. The number of rotatable bonds is 8. The molecular formula is C27H29FN2O3. The Morgan fingerprint density at radius 3 is 2.45 bits per heavy atom. The second kappa shape index (κ2) is 10.5. The van der Waals surface area contributed by atoms with Gasteiger partial charge in [-0.15, -0.1) is 0 Å². The maximum Gasteiger partial charge on any atom is 0.224 e. The summed E-state index contributed by atoms with van der Waals surface area (Å²) in [4.78, 5) is 15.0. The molecule has 6 heteroatoms. The number of halogens is 1. The van der Waals surface area contributed by atoms with Crippen LogP contribution in [0.4, 0.5) is 4.39 Å². The van der Waals surface area contributed by atoms with Gasteiger partial charge in [-0.1, -0.05) is 42.5 Å². The molecule has 0 unspecified atom stereocenters. The molecule has 1 aliphatic rings. The average molecular weight is 449 g/mol. The number of fused-ring (bicyclic) bond motifs is 1. The number of hydrogen-bond acceptors (Lipinski definition) is 4. The molecule has 3 aromatic rings. The Hall–Kier alpha value is -3.38. The smallest absolute Gasteiger partial charge is 0.224 e. The van der Waals surface area contributed by atoms with Crippen LogP contribution in [0.15, 0.2) is 66.7 Å². The summed E-state index contributed by atoms with van der Waals surface area (Å²) in [6.07, 6.45) is 1.16. The number of ether oxygens (including phenoxy) is 2. The van der Waals surface area contributed by atoms with Crippen molar-refractivity contribution in [2.45, 2.75) is 25.4 Å². The fraction of sp³-hybridized carbons (Fsp3) is 0.296. The predicted molar refractivity (Wildman–Crippen MR) is 126 cm³/mol. The summed E-state index contributed by atoms with van der Waals surface area (Å²) in [5.74, 6) is 1.08. The SMILES string of the molecule is COc1cc2c(cc1OC)[C@H](CNC(=O)Cc1ccccc1)N(Cc1cccc(F)c1)CC2. The van der Waals surface area contributed by atoms with Crippen molar-refractivity contribution >= 4 is 5.91 Å². The van der Waals surface area contributed by atoms with Gasteiger partial charge >= 0.3 is 0 Å². The van der Waals surface area contributed by atoms with E-state index in [1.54, 1.807) is 26.4 Å². The van der Waals surface area contributed by atoms with Crippen molar-refractivity contribution in [2.75, 3.05) is 27.3 Å². The van der Waals surface area contributed by atoms with Crippen molar-refractivity contribution in [3.8, 4) is 11.5 Å². The fourth-order valence-corrected chi connectivity index (χ4v) is 4.43. The van der Waals surface area contributed by atoms with Crippen LogP contribution >= 0.6 is 0 Å². The minimum Gasteiger partial charge on any atom is -0.493 e. The number of carbonyl (C=O) groups is 1. The van der Waals surface area contributed by atoms with Gasteiger partial charge in [0.1, 0.15) is 5.82 Å². The Kier molecular flexibility index (Phi) is 7.25. The maximum atomic E-state index is 13.8. The van der Waals surface area contributed by atoms with Gasteiger partial charge in [0.05, 0.1) is 26.7 Å². The lowest BCUT2D eigenvalue weighted by Crippen LogP contribution is -2.42. The van der Waals surface area contributed by atoms with E-state index in [0.717, 1.165) is 29.7 Å². The van der Waals surface area contributed by atoms with Gasteiger partial charge in [0.2, 0.25) is 5.91 Å². The number of hydrogen-bond donors (Lipinski definition) is 1. The molecule has 0 bridgehead atoms. The first-order chi connectivity index (χ1) is 16.1. The number of nitrogens with zero attached hydrogens (tertiary/aromatic N) is 1. The molecule has 172 valence electrons. The largest absolute Gasteiger partial charge is 0.493 e. The van der Waals surface area contributed by atoms with Crippen LogP contribution in [0.1, 0.15) is 28.3 Å². The predicted octanol–water partition coefficient (Wildman–Crippen LogP) is 4.30. The number of amides is 1. The highest BCUT2D eigenvalue weighted by molar-refractivity contribution is 5.78. The van der Waals surface area contributed by atoms with E-state index in [-0.39, 0.29) is 17.8 Å². The molecule has 1 aliphatic heterocycles. The Morgan fingerprint density at radius 1 is 1.00 bits per heavy atom. The topological polar surface area (TPSA) is 50.8 Å². The molecule has 0 radical (unpaired) electrons. The Balaban J connectivity index is 1.58. The lowest BCUT2D eigenvalue weighted by atomic mass is 9.91. The number of carbonyl (C=O) groups excluding carboxylic acids is 1. The van der Waals surface area contributed by atoms with Gasteiger partial charge in [0.25, 0.3) is 0 Å². The molecule has 5 nitrogen and oxygen atoms in total. The van der Waals surface area contributed by atoms with Crippen molar-refractivity contribution in [3.63, 3.8) is 0 Å². The van der Waals surface area contributed by atoms with Crippen molar-refractivity contribution in [1.29, 1.82) is 0 Å². The highest BCUT2D eigenvalue weighted by Gasteiger charge is 2.29. The Bertz CT molecular complexity index is 1100. The van der Waals surface area contributed by atoms with Crippen LogP contribution in [0.3, 0.4) is 0 Å². The highest BCUT2D eigenvalue weighted by atomic mass is 19.1. The van der Waals surface area contributed by atoms with E-state index in [0.29, 0.717) is 31.0 Å². The number of benzene rings is 3. The molecule has 1 amide bonds. The zero-order valence-electron chi connectivity index (χ0n) is 19.0. The van der Waals surface area contributed by atoms with Crippen molar-refractivity contribution in [2.24, 2.45) is 0 Å². The quantitative estimate of drug-likeness (QED) is 0.558. The van der Waals surface area contributed by atoms with Gasteiger partial charge in [-0.25, -0.2) is 4.39 Å². The van der Waals surface area contributed by atoms with Gasteiger partial charge in [-0.2, -0.15) is 0 Å². The second-order valence-corrected chi connectivity index (χ2v) is 8.24. The third kappa shape index (κ3) is 5.52. The van der Waals surface area contributed by atoms with Crippen molar-refractivity contribution in [3.05, 3.63) is 94.8 Å². The summed E-state index contributed by atoms with van der Waals surface area (Å²) >= 11 is 0. The van der Waals surface area contributed by atoms with Gasteiger partial charge in [0, 0.05) is 19.6 Å². The maximum absolute atomic E-state index is 13.8. The van der Waals surface area contributed by atoms with Crippen LogP contribution in [-0.4, -0.2) is 38.1 Å². The van der Waals surface area contributed by atoms with E-state index in [9.17, 15) is 9.18 Å². The molecule has 0 aromatic heterocycles.